The molecule has 1 aromatic carbocycles. The number of hydrogen-bond donors (Lipinski definition) is 0. The molecule has 2 rings (SSSR count). The molecule has 1 heterocycles. The van der Waals surface area contributed by atoms with Crippen LogP contribution in [0.2, 0.25) is 0 Å². The molecule has 15 heavy (non-hydrogen) atoms. The summed E-state index contributed by atoms with van der Waals surface area (Å²) in [5.41, 5.74) is 2.69. The van der Waals surface area contributed by atoms with Gasteiger partial charge in [-0.1, -0.05) is 42.8 Å². The Morgan fingerprint density at radius 3 is 2.67 bits per heavy atom. The monoisotopic (exact) mass is 266 g/mol. The standard InChI is InChI=1S/C13H15BrO/c1-13(2,3)10-4-5-12-9(6-10)7-11(14)8-15-12/h4-7H,8H2,1-3H3. The van der Waals surface area contributed by atoms with E-state index in [4.69, 9.17) is 4.74 Å². The largest absolute Gasteiger partial charge is 0.488 e. The van der Waals surface area contributed by atoms with Gasteiger partial charge in [-0.15, -0.1) is 0 Å². The van der Waals surface area contributed by atoms with Crippen LogP contribution in [-0.4, -0.2) is 6.61 Å². The van der Waals surface area contributed by atoms with E-state index in [-0.39, 0.29) is 5.41 Å². The minimum absolute atomic E-state index is 0.187. The minimum Gasteiger partial charge on any atom is -0.488 e. The van der Waals surface area contributed by atoms with Crippen molar-refractivity contribution in [2.45, 2.75) is 26.2 Å². The van der Waals surface area contributed by atoms with E-state index >= 15 is 0 Å². The lowest BCUT2D eigenvalue weighted by atomic mass is 9.86. The molecule has 0 fully saturated rings. The maximum atomic E-state index is 5.59. The number of ether oxygens (including phenoxy) is 1. The van der Waals surface area contributed by atoms with Gasteiger partial charge in [0.25, 0.3) is 0 Å². The van der Waals surface area contributed by atoms with Gasteiger partial charge in [0.15, 0.2) is 0 Å². The minimum atomic E-state index is 0.187. The number of fused-ring (bicyclic) bond motifs is 1. The van der Waals surface area contributed by atoms with Crippen molar-refractivity contribution in [1.82, 2.24) is 0 Å². The molecule has 1 nitrogen and oxygen atoms in total. The van der Waals surface area contributed by atoms with Crippen molar-refractivity contribution in [3.05, 3.63) is 33.8 Å². The zero-order valence-corrected chi connectivity index (χ0v) is 10.9. The zero-order chi connectivity index (χ0) is 11.1. The van der Waals surface area contributed by atoms with E-state index in [0.29, 0.717) is 6.61 Å². The van der Waals surface area contributed by atoms with Gasteiger partial charge in [-0.3, -0.25) is 0 Å². The first-order chi connectivity index (χ1) is 6.97. The highest BCUT2D eigenvalue weighted by molar-refractivity contribution is 9.11. The number of rotatable bonds is 0. The number of halogens is 1. The summed E-state index contributed by atoms with van der Waals surface area (Å²) in [4.78, 5) is 0. The summed E-state index contributed by atoms with van der Waals surface area (Å²) in [6, 6.07) is 6.41. The fourth-order valence-corrected chi connectivity index (χ4v) is 1.98. The van der Waals surface area contributed by atoms with Crippen molar-refractivity contribution in [1.29, 1.82) is 0 Å². The molecule has 0 unspecified atom stereocenters. The Labute approximate surface area is 99.3 Å². The van der Waals surface area contributed by atoms with Crippen molar-refractivity contribution < 1.29 is 4.74 Å². The predicted molar refractivity (Wildman–Crippen MR) is 67.5 cm³/mol. The Morgan fingerprint density at radius 2 is 2.00 bits per heavy atom. The molecule has 0 aliphatic carbocycles. The van der Waals surface area contributed by atoms with E-state index in [1.54, 1.807) is 0 Å². The van der Waals surface area contributed by atoms with Crippen LogP contribution in [0.5, 0.6) is 5.75 Å². The van der Waals surface area contributed by atoms with Gasteiger partial charge in [0.05, 0.1) is 0 Å². The van der Waals surface area contributed by atoms with Crippen LogP contribution in [0.25, 0.3) is 6.08 Å². The highest BCUT2D eigenvalue weighted by Crippen LogP contribution is 2.32. The fourth-order valence-electron chi connectivity index (χ4n) is 1.62. The Morgan fingerprint density at radius 1 is 1.27 bits per heavy atom. The zero-order valence-electron chi connectivity index (χ0n) is 9.30. The van der Waals surface area contributed by atoms with Crippen LogP contribution >= 0.6 is 15.9 Å². The van der Waals surface area contributed by atoms with Gasteiger partial charge in [0.1, 0.15) is 12.4 Å². The number of benzene rings is 1. The van der Waals surface area contributed by atoms with Gasteiger partial charge in [0, 0.05) is 10.0 Å². The van der Waals surface area contributed by atoms with Crippen LogP contribution in [0.3, 0.4) is 0 Å². The molecule has 2 heteroatoms. The molecule has 0 bridgehead atoms. The maximum Gasteiger partial charge on any atom is 0.127 e. The maximum absolute atomic E-state index is 5.59. The van der Waals surface area contributed by atoms with Gasteiger partial charge in [0.2, 0.25) is 0 Å². The second-order valence-corrected chi connectivity index (χ2v) is 5.90. The normalized spacial score (nSPS) is 15.3. The van der Waals surface area contributed by atoms with Crippen molar-refractivity contribution in [2.24, 2.45) is 0 Å². The molecule has 80 valence electrons. The second kappa shape index (κ2) is 3.67. The van der Waals surface area contributed by atoms with E-state index in [1.807, 2.05) is 0 Å². The molecular formula is C13H15BrO. The first-order valence-corrected chi connectivity index (χ1v) is 5.89. The highest BCUT2D eigenvalue weighted by atomic mass is 79.9. The van der Waals surface area contributed by atoms with Crippen molar-refractivity contribution in [3.8, 4) is 5.75 Å². The quantitative estimate of drug-likeness (QED) is 0.687. The van der Waals surface area contributed by atoms with Gasteiger partial charge >= 0.3 is 0 Å². The van der Waals surface area contributed by atoms with Crippen molar-refractivity contribution in [3.63, 3.8) is 0 Å². The highest BCUT2D eigenvalue weighted by Gasteiger charge is 2.17. The van der Waals surface area contributed by atoms with E-state index < -0.39 is 0 Å². The molecule has 1 aliphatic heterocycles. The average molecular weight is 267 g/mol. The van der Waals surface area contributed by atoms with Crippen LogP contribution in [0.4, 0.5) is 0 Å². The Balaban J connectivity index is 2.47. The molecule has 1 aliphatic rings. The number of hydrogen-bond acceptors (Lipinski definition) is 1. The third kappa shape index (κ3) is 2.25. The fraction of sp³-hybridized carbons (Fsp3) is 0.385. The topological polar surface area (TPSA) is 9.23 Å². The molecule has 0 aromatic heterocycles. The summed E-state index contributed by atoms with van der Waals surface area (Å²) in [6.45, 7) is 7.30. The first-order valence-electron chi connectivity index (χ1n) is 5.10. The van der Waals surface area contributed by atoms with Crippen molar-refractivity contribution >= 4 is 22.0 Å². The van der Waals surface area contributed by atoms with Gasteiger partial charge in [-0.05, 0) is 29.2 Å². The molecule has 0 spiro atoms. The van der Waals surface area contributed by atoms with Crippen LogP contribution in [0.15, 0.2) is 22.7 Å². The van der Waals surface area contributed by atoms with E-state index in [2.05, 4.69) is 61.0 Å². The molecule has 1 aromatic rings. The SMILES string of the molecule is CC(C)(C)c1ccc2c(c1)C=C(Br)CO2. The molecule has 0 saturated heterocycles. The lowest BCUT2D eigenvalue weighted by Crippen LogP contribution is -2.12. The van der Waals surface area contributed by atoms with Crippen LogP contribution < -0.4 is 4.74 Å². The van der Waals surface area contributed by atoms with Crippen molar-refractivity contribution in [2.75, 3.05) is 6.61 Å². The smallest absolute Gasteiger partial charge is 0.127 e. The average Bonchev–Trinajstić information content (AvgIpc) is 2.15. The van der Waals surface area contributed by atoms with Crippen LogP contribution in [0.1, 0.15) is 31.9 Å². The van der Waals surface area contributed by atoms with Crippen LogP contribution in [-0.2, 0) is 5.41 Å². The lowest BCUT2D eigenvalue weighted by Gasteiger charge is -2.22. The summed E-state index contributed by atoms with van der Waals surface area (Å²) in [5, 5.41) is 0. The first kappa shape index (κ1) is 10.7. The van der Waals surface area contributed by atoms with Gasteiger partial charge in [-0.2, -0.15) is 0 Å². The van der Waals surface area contributed by atoms with Gasteiger partial charge < -0.3 is 4.74 Å². The van der Waals surface area contributed by atoms with E-state index in [9.17, 15) is 0 Å². The summed E-state index contributed by atoms with van der Waals surface area (Å²) in [7, 11) is 0. The third-order valence-electron chi connectivity index (χ3n) is 2.55. The third-order valence-corrected chi connectivity index (χ3v) is 3.01. The Bertz CT molecular complexity index is 413. The lowest BCUT2D eigenvalue weighted by molar-refractivity contribution is 0.355. The molecule has 0 radical (unpaired) electrons. The molecule has 0 N–H and O–H groups in total. The van der Waals surface area contributed by atoms with Crippen LogP contribution in [0, 0.1) is 0 Å². The summed E-state index contributed by atoms with van der Waals surface area (Å²) < 4.78 is 6.69. The predicted octanol–water partition coefficient (Wildman–Crippen LogP) is 4.11. The summed E-state index contributed by atoms with van der Waals surface area (Å²) in [6.07, 6.45) is 2.13. The summed E-state index contributed by atoms with van der Waals surface area (Å²) in [5.74, 6) is 0.978. The van der Waals surface area contributed by atoms with E-state index in [0.717, 1.165) is 10.2 Å². The molecular weight excluding hydrogens is 252 g/mol. The Hall–Kier alpha value is -0.760. The molecule has 0 atom stereocenters. The van der Waals surface area contributed by atoms with Gasteiger partial charge in [-0.25, -0.2) is 0 Å². The second-order valence-electron chi connectivity index (χ2n) is 4.88. The summed E-state index contributed by atoms with van der Waals surface area (Å²) >= 11 is 3.47. The van der Waals surface area contributed by atoms with E-state index in [1.165, 1.54) is 11.1 Å². The molecule has 0 amide bonds. The Kier molecular flexibility index (Phi) is 2.63. The molecule has 0 saturated carbocycles.